The maximum absolute atomic E-state index is 12.8. The molecule has 0 aliphatic carbocycles. The molecule has 1 fully saturated rings. The van der Waals surface area contributed by atoms with E-state index in [0.29, 0.717) is 26.2 Å². The number of rotatable bonds is 8. The van der Waals surface area contributed by atoms with Gasteiger partial charge in [0.1, 0.15) is 0 Å². The van der Waals surface area contributed by atoms with E-state index in [-0.39, 0.29) is 37.3 Å². The van der Waals surface area contributed by atoms with Crippen LogP contribution >= 0.6 is 0 Å². The van der Waals surface area contributed by atoms with Crippen LogP contribution in [0.4, 0.5) is 10.5 Å². The molecule has 8 heteroatoms. The summed E-state index contributed by atoms with van der Waals surface area (Å²) in [6, 6.07) is 6.28. The highest BCUT2D eigenvalue weighted by atomic mass is 16.5. The molecule has 2 aliphatic rings. The number of hydrogen-bond donors (Lipinski definition) is 1. The molecule has 1 aromatic carbocycles. The summed E-state index contributed by atoms with van der Waals surface area (Å²) in [6.45, 7) is 6.03. The van der Waals surface area contributed by atoms with E-state index < -0.39 is 0 Å². The third-order valence-corrected chi connectivity index (χ3v) is 5.69. The fourth-order valence-corrected chi connectivity index (χ4v) is 3.88. The lowest BCUT2D eigenvalue weighted by molar-refractivity contribution is -0.143. The first kappa shape index (κ1) is 22.1. The SMILES string of the molecule is CCOC(=O)CCNC(=O)CCN1CCN(c2ccc3c(c2)CCN(C)CC3)C1=O. The van der Waals surface area contributed by atoms with Gasteiger partial charge in [0, 0.05) is 51.4 Å². The highest BCUT2D eigenvalue weighted by Crippen LogP contribution is 2.25. The number of ether oxygens (including phenoxy) is 1. The van der Waals surface area contributed by atoms with Crippen LogP contribution in [-0.4, -0.2) is 80.6 Å². The van der Waals surface area contributed by atoms with Gasteiger partial charge in [0.2, 0.25) is 5.91 Å². The molecule has 30 heavy (non-hydrogen) atoms. The molecule has 0 atom stereocenters. The van der Waals surface area contributed by atoms with E-state index in [2.05, 4.69) is 29.4 Å². The second-order valence-corrected chi connectivity index (χ2v) is 7.83. The molecular weight excluding hydrogens is 384 g/mol. The Labute approximate surface area is 178 Å². The van der Waals surface area contributed by atoms with Gasteiger partial charge in [0.05, 0.1) is 13.0 Å². The first-order valence-corrected chi connectivity index (χ1v) is 10.8. The highest BCUT2D eigenvalue weighted by molar-refractivity contribution is 5.94. The molecule has 8 nitrogen and oxygen atoms in total. The maximum Gasteiger partial charge on any atom is 0.324 e. The number of hydrogen-bond acceptors (Lipinski definition) is 5. The number of benzene rings is 1. The average molecular weight is 417 g/mol. The minimum atomic E-state index is -0.324. The van der Waals surface area contributed by atoms with Gasteiger partial charge in [-0.05, 0) is 50.1 Å². The van der Waals surface area contributed by atoms with Crippen LogP contribution in [0, 0.1) is 0 Å². The van der Waals surface area contributed by atoms with Crippen LogP contribution in [0.15, 0.2) is 18.2 Å². The summed E-state index contributed by atoms with van der Waals surface area (Å²) in [5.41, 5.74) is 3.62. The van der Waals surface area contributed by atoms with Gasteiger partial charge in [-0.1, -0.05) is 6.07 Å². The Morgan fingerprint density at radius 1 is 1.07 bits per heavy atom. The minimum Gasteiger partial charge on any atom is -0.466 e. The lowest BCUT2D eigenvalue weighted by atomic mass is 10.0. The molecule has 0 saturated carbocycles. The van der Waals surface area contributed by atoms with Gasteiger partial charge in [-0.2, -0.15) is 0 Å². The first-order valence-electron chi connectivity index (χ1n) is 10.8. The van der Waals surface area contributed by atoms with Crippen molar-refractivity contribution in [3.8, 4) is 0 Å². The molecule has 0 aromatic heterocycles. The van der Waals surface area contributed by atoms with E-state index in [1.54, 1.807) is 16.7 Å². The number of urea groups is 1. The van der Waals surface area contributed by atoms with E-state index in [9.17, 15) is 14.4 Å². The molecule has 164 valence electrons. The summed E-state index contributed by atoms with van der Waals surface area (Å²) in [5.74, 6) is -0.491. The van der Waals surface area contributed by atoms with Crippen LogP contribution in [0.5, 0.6) is 0 Å². The Morgan fingerprint density at radius 3 is 2.60 bits per heavy atom. The van der Waals surface area contributed by atoms with Crippen LogP contribution in [0.1, 0.15) is 30.9 Å². The van der Waals surface area contributed by atoms with Crippen LogP contribution in [0.25, 0.3) is 0 Å². The van der Waals surface area contributed by atoms with E-state index in [4.69, 9.17) is 4.74 Å². The minimum absolute atomic E-state index is 0.0555. The average Bonchev–Trinajstić information content (AvgIpc) is 2.99. The Morgan fingerprint density at radius 2 is 1.83 bits per heavy atom. The Hall–Kier alpha value is -2.61. The summed E-state index contributed by atoms with van der Waals surface area (Å²) < 4.78 is 4.83. The van der Waals surface area contributed by atoms with E-state index in [1.807, 2.05) is 6.07 Å². The summed E-state index contributed by atoms with van der Waals surface area (Å²) in [5, 5.41) is 2.70. The highest BCUT2D eigenvalue weighted by Gasteiger charge is 2.30. The van der Waals surface area contributed by atoms with Crippen molar-refractivity contribution in [1.29, 1.82) is 0 Å². The summed E-state index contributed by atoms with van der Waals surface area (Å²) in [7, 11) is 2.14. The predicted molar refractivity (Wildman–Crippen MR) is 115 cm³/mol. The van der Waals surface area contributed by atoms with Crippen molar-refractivity contribution >= 4 is 23.6 Å². The number of likely N-dealkylation sites (N-methyl/N-ethyl adjacent to an activating group) is 1. The van der Waals surface area contributed by atoms with Gasteiger partial charge < -0.3 is 19.9 Å². The van der Waals surface area contributed by atoms with E-state index >= 15 is 0 Å². The van der Waals surface area contributed by atoms with Crippen molar-refractivity contribution in [1.82, 2.24) is 15.1 Å². The molecule has 1 N–H and O–H groups in total. The second-order valence-electron chi connectivity index (χ2n) is 7.83. The maximum atomic E-state index is 12.8. The van der Waals surface area contributed by atoms with Crippen molar-refractivity contribution in [3.05, 3.63) is 29.3 Å². The molecule has 0 unspecified atom stereocenters. The lowest BCUT2D eigenvalue weighted by Crippen LogP contribution is -2.35. The topological polar surface area (TPSA) is 82.2 Å². The molecule has 0 radical (unpaired) electrons. The van der Waals surface area contributed by atoms with Crippen LogP contribution in [-0.2, 0) is 27.2 Å². The zero-order valence-corrected chi connectivity index (χ0v) is 18.0. The third-order valence-electron chi connectivity index (χ3n) is 5.69. The monoisotopic (exact) mass is 416 g/mol. The van der Waals surface area contributed by atoms with E-state index in [0.717, 1.165) is 31.6 Å². The standard InChI is InChI=1S/C22H32N4O4/c1-3-30-21(28)6-10-23-20(27)9-13-25-14-15-26(22(25)29)19-5-4-17-7-11-24(2)12-8-18(17)16-19/h4-5,16H,3,6-15H2,1-2H3,(H,23,27). The molecule has 1 aromatic rings. The number of amides is 3. The van der Waals surface area contributed by atoms with Crippen LogP contribution in [0.3, 0.4) is 0 Å². The number of anilines is 1. The van der Waals surface area contributed by atoms with Gasteiger partial charge in [-0.3, -0.25) is 14.5 Å². The normalized spacial score (nSPS) is 16.9. The first-order chi connectivity index (χ1) is 14.5. The van der Waals surface area contributed by atoms with Crippen molar-refractivity contribution in [2.24, 2.45) is 0 Å². The number of carbonyl (C=O) groups is 3. The molecule has 3 amide bonds. The van der Waals surface area contributed by atoms with Gasteiger partial charge >= 0.3 is 12.0 Å². The molecule has 2 heterocycles. The van der Waals surface area contributed by atoms with Crippen molar-refractivity contribution in [3.63, 3.8) is 0 Å². The van der Waals surface area contributed by atoms with Gasteiger partial charge in [-0.25, -0.2) is 4.79 Å². The van der Waals surface area contributed by atoms with Crippen molar-refractivity contribution in [2.75, 3.05) is 57.8 Å². The lowest BCUT2D eigenvalue weighted by Gasteiger charge is -2.20. The predicted octanol–water partition coefficient (Wildman–Crippen LogP) is 1.42. The number of carbonyl (C=O) groups excluding carboxylic acids is 3. The van der Waals surface area contributed by atoms with Gasteiger partial charge in [-0.15, -0.1) is 0 Å². The molecule has 0 bridgehead atoms. The van der Waals surface area contributed by atoms with Crippen LogP contribution < -0.4 is 10.2 Å². The van der Waals surface area contributed by atoms with Crippen LogP contribution in [0.2, 0.25) is 0 Å². The number of esters is 1. The third kappa shape index (κ3) is 5.72. The van der Waals surface area contributed by atoms with Crippen molar-refractivity contribution in [2.45, 2.75) is 32.6 Å². The Balaban J connectivity index is 1.48. The molecule has 2 aliphatic heterocycles. The largest absolute Gasteiger partial charge is 0.466 e. The number of nitrogens with zero attached hydrogens (tertiary/aromatic N) is 3. The smallest absolute Gasteiger partial charge is 0.324 e. The van der Waals surface area contributed by atoms with Crippen molar-refractivity contribution < 1.29 is 19.1 Å². The molecule has 3 rings (SSSR count). The van der Waals surface area contributed by atoms with E-state index in [1.165, 1.54) is 11.1 Å². The molecule has 1 saturated heterocycles. The molecular formula is C22H32N4O4. The van der Waals surface area contributed by atoms with Gasteiger partial charge in [0.25, 0.3) is 0 Å². The zero-order valence-electron chi connectivity index (χ0n) is 18.0. The number of fused-ring (bicyclic) bond motifs is 1. The second kappa shape index (κ2) is 10.4. The zero-order chi connectivity index (χ0) is 21.5. The summed E-state index contributed by atoms with van der Waals surface area (Å²) in [6.07, 6.45) is 2.41. The number of nitrogens with one attached hydrogen (secondary N) is 1. The summed E-state index contributed by atoms with van der Waals surface area (Å²) >= 11 is 0. The quantitative estimate of drug-likeness (QED) is 0.648. The Kier molecular flexibility index (Phi) is 7.68. The fraction of sp³-hybridized carbons (Fsp3) is 0.591. The van der Waals surface area contributed by atoms with Gasteiger partial charge in [0.15, 0.2) is 0 Å². The molecule has 0 spiro atoms. The Bertz CT molecular complexity index is 782. The summed E-state index contributed by atoms with van der Waals surface area (Å²) in [4.78, 5) is 42.0. The fourth-order valence-electron chi connectivity index (χ4n) is 3.88.